The third-order valence-corrected chi connectivity index (χ3v) is 2.90. The lowest BCUT2D eigenvalue weighted by molar-refractivity contribution is 0.306. The van der Waals surface area contributed by atoms with Crippen LogP contribution in [-0.2, 0) is 6.61 Å². The molecule has 2 N–H and O–H groups in total. The first-order chi connectivity index (χ1) is 8.65. The van der Waals surface area contributed by atoms with Crippen molar-refractivity contribution >= 4 is 17.2 Å². The zero-order chi connectivity index (χ0) is 13.0. The minimum atomic E-state index is 0.403. The SMILES string of the molecule is Cc1ccc(COc2ccc(C(N)=S)cc2)cc1. The van der Waals surface area contributed by atoms with Crippen molar-refractivity contribution in [2.24, 2.45) is 5.73 Å². The first-order valence-corrected chi connectivity index (χ1v) is 6.14. The van der Waals surface area contributed by atoms with Gasteiger partial charge in [0.1, 0.15) is 17.3 Å². The first-order valence-electron chi connectivity index (χ1n) is 5.73. The molecule has 0 aliphatic heterocycles. The van der Waals surface area contributed by atoms with Crippen LogP contribution in [0.2, 0.25) is 0 Å². The Kier molecular flexibility index (Phi) is 3.95. The highest BCUT2D eigenvalue weighted by molar-refractivity contribution is 7.80. The molecule has 0 spiro atoms. The minimum Gasteiger partial charge on any atom is -0.489 e. The average molecular weight is 257 g/mol. The van der Waals surface area contributed by atoms with Gasteiger partial charge in [0.2, 0.25) is 0 Å². The lowest BCUT2D eigenvalue weighted by Crippen LogP contribution is -2.08. The van der Waals surface area contributed by atoms with E-state index in [1.54, 1.807) is 0 Å². The van der Waals surface area contributed by atoms with E-state index in [2.05, 4.69) is 31.2 Å². The van der Waals surface area contributed by atoms with Crippen molar-refractivity contribution in [2.45, 2.75) is 13.5 Å². The Balaban J connectivity index is 1.97. The summed E-state index contributed by atoms with van der Waals surface area (Å²) in [6.07, 6.45) is 0. The predicted molar refractivity (Wildman–Crippen MR) is 77.8 cm³/mol. The molecule has 18 heavy (non-hydrogen) atoms. The number of ether oxygens (including phenoxy) is 1. The molecule has 0 heterocycles. The van der Waals surface area contributed by atoms with Gasteiger partial charge in [-0.2, -0.15) is 0 Å². The van der Waals surface area contributed by atoms with E-state index in [-0.39, 0.29) is 0 Å². The van der Waals surface area contributed by atoms with Crippen LogP contribution in [0.15, 0.2) is 48.5 Å². The molecule has 2 rings (SSSR count). The second-order valence-electron chi connectivity index (χ2n) is 4.16. The molecule has 0 aliphatic rings. The third-order valence-electron chi connectivity index (χ3n) is 2.66. The van der Waals surface area contributed by atoms with Crippen molar-refractivity contribution in [2.75, 3.05) is 0 Å². The van der Waals surface area contributed by atoms with E-state index in [1.807, 2.05) is 24.3 Å². The molecule has 2 aromatic carbocycles. The third kappa shape index (κ3) is 3.31. The van der Waals surface area contributed by atoms with E-state index in [0.717, 1.165) is 16.9 Å². The number of hydrogen-bond donors (Lipinski definition) is 1. The van der Waals surface area contributed by atoms with Gasteiger partial charge in [0.05, 0.1) is 0 Å². The fourth-order valence-corrected chi connectivity index (χ4v) is 1.70. The van der Waals surface area contributed by atoms with Crippen LogP contribution in [0.5, 0.6) is 5.75 Å². The van der Waals surface area contributed by atoms with Crippen LogP contribution in [0.3, 0.4) is 0 Å². The molecule has 0 amide bonds. The Morgan fingerprint density at radius 3 is 2.22 bits per heavy atom. The van der Waals surface area contributed by atoms with Gasteiger partial charge in [-0.05, 0) is 36.8 Å². The molecule has 0 aliphatic carbocycles. The molecule has 0 saturated carbocycles. The molecular weight excluding hydrogens is 242 g/mol. The number of nitrogens with two attached hydrogens (primary N) is 1. The van der Waals surface area contributed by atoms with Gasteiger partial charge in [-0.25, -0.2) is 0 Å². The average Bonchev–Trinajstić information content (AvgIpc) is 2.38. The Bertz CT molecular complexity index is 531. The van der Waals surface area contributed by atoms with E-state index in [4.69, 9.17) is 22.7 Å². The summed E-state index contributed by atoms with van der Waals surface area (Å²) in [5.41, 5.74) is 8.79. The number of benzene rings is 2. The maximum atomic E-state index is 5.68. The largest absolute Gasteiger partial charge is 0.489 e. The molecule has 2 nitrogen and oxygen atoms in total. The van der Waals surface area contributed by atoms with Crippen molar-refractivity contribution in [1.29, 1.82) is 0 Å². The predicted octanol–water partition coefficient (Wildman–Crippen LogP) is 3.21. The lowest BCUT2D eigenvalue weighted by atomic mass is 10.2. The van der Waals surface area contributed by atoms with E-state index in [1.165, 1.54) is 5.56 Å². The quantitative estimate of drug-likeness (QED) is 0.854. The molecule has 0 radical (unpaired) electrons. The second-order valence-corrected chi connectivity index (χ2v) is 4.60. The fraction of sp³-hybridized carbons (Fsp3) is 0.133. The Morgan fingerprint density at radius 2 is 1.67 bits per heavy atom. The molecule has 0 bridgehead atoms. The molecular formula is C15H15NOS. The normalized spacial score (nSPS) is 10.1. The van der Waals surface area contributed by atoms with Crippen molar-refractivity contribution in [3.63, 3.8) is 0 Å². The van der Waals surface area contributed by atoms with Gasteiger partial charge in [-0.3, -0.25) is 0 Å². The van der Waals surface area contributed by atoms with Crippen LogP contribution >= 0.6 is 12.2 Å². The maximum absolute atomic E-state index is 5.68. The Morgan fingerprint density at radius 1 is 1.06 bits per heavy atom. The van der Waals surface area contributed by atoms with Gasteiger partial charge in [0.15, 0.2) is 0 Å². The zero-order valence-corrected chi connectivity index (χ0v) is 11.0. The number of rotatable bonds is 4. The van der Waals surface area contributed by atoms with E-state index in [9.17, 15) is 0 Å². The summed E-state index contributed by atoms with van der Waals surface area (Å²) in [5.74, 6) is 0.815. The number of thiocarbonyl (C=S) groups is 1. The summed E-state index contributed by atoms with van der Waals surface area (Å²) in [6, 6.07) is 15.8. The van der Waals surface area contributed by atoms with Crippen molar-refractivity contribution in [3.05, 3.63) is 65.2 Å². The molecule has 2 aromatic rings. The molecule has 0 aromatic heterocycles. The van der Waals surface area contributed by atoms with Crippen LogP contribution in [0, 0.1) is 6.92 Å². The monoisotopic (exact) mass is 257 g/mol. The van der Waals surface area contributed by atoms with Crippen LogP contribution < -0.4 is 10.5 Å². The molecule has 3 heteroatoms. The van der Waals surface area contributed by atoms with Crippen LogP contribution in [0.1, 0.15) is 16.7 Å². The van der Waals surface area contributed by atoms with Gasteiger partial charge in [-0.1, -0.05) is 42.0 Å². The zero-order valence-electron chi connectivity index (χ0n) is 10.2. The van der Waals surface area contributed by atoms with Gasteiger partial charge in [-0.15, -0.1) is 0 Å². The van der Waals surface area contributed by atoms with Crippen molar-refractivity contribution in [1.82, 2.24) is 0 Å². The highest BCUT2D eigenvalue weighted by atomic mass is 32.1. The molecule has 0 atom stereocenters. The highest BCUT2D eigenvalue weighted by Crippen LogP contribution is 2.14. The summed E-state index contributed by atoms with van der Waals surface area (Å²) < 4.78 is 5.68. The summed E-state index contributed by atoms with van der Waals surface area (Å²) in [6.45, 7) is 2.63. The van der Waals surface area contributed by atoms with Crippen LogP contribution in [-0.4, -0.2) is 4.99 Å². The summed E-state index contributed by atoms with van der Waals surface area (Å²) in [5, 5.41) is 0. The number of aryl methyl sites for hydroxylation is 1. The maximum Gasteiger partial charge on any atom is 0.119 e. The van der Waals surface area contributed by atoms with Crippen LogP contribution in [0.4, 0.5) is 0 Å². The minimum absolute atomic E-state index is 0.403. The van der Waals surface area contributed by atoms with E-state index >= 15 is 0 Å². The van der Waals surface area contributed by atoms with Gasteiger partial charge < -0.3 is 10.5 Å². The summed E-state index contributed by atoms with van der Waals surface area (Å²) >= 11 is 4.90. The summed E-state index contributed by atoms with van der Waals surface area (Å²) in [4.78, 5) is 0.403. The van der Waals surface area contributed by atoms with Crippen molar-refractivity contribution < 1.29 is 4.74 Å². The van der Waals surface area contributed by atoms with Gasteiger partial charge >= 0.3 is 0 Å². The first kappa shape index (κ1) is 12.6. The van der Waals surface area contributed by atoms with Gasteiger partial charge in [0.25, 0.3) is 0 Å². The standard InChI is InChI=1S/C15H15NOS/c1-11-2-4-12(5-3-11)10-17-14-8-6-13(7-9-14)15(16)18/h2-9H,10H2,1H3,(H2,16,18). The topological polar surface area (TPSA) is 35.2 Å². The van der Waals surface area contributed by atoms with Crippen molar-refractivity contribution in [3.8, 4) is 5.75 Å². The molecule has 0 fully saturated rings. The Hall–Kier alpha value is -1.87. The summed E-state index contributed by atoms with van der Waals surface area (Å²) in [7, 11) is 0. The molecule has 92 valence electrons. The molecule has 0 saturated heterocycles. The lowest BCUT2D eigenvalue weighted by Gasteiger charge is -2.07. The van der Waals surface area contributed by atoms with E-state index < -0.39 is 0 Å². The fourth-order valence-electron chi connectivity index (χ4n) is 1.57. The van der Waals surface area contributed by atoms with E-state index in [0.29, 0.717) is 11.6 Å². The van der Waals surface area contributed by atoms with Crippen LogP contribution in [0.25, 0.3) is 0 Å². The smallest absolute Gasteiger partial charge is 0.119 e. The van der Waals surface area contributed by atoms with Gasteiger partial charge in [0, 0.05) is 5.56 Å². The Labute approximate surface area is 112 Å². The number of hydrogen-bond acceptors (Lipinski definition) is 2. The highest BCUT2D eigenvalue weighted by Gasteiger charge is 1.98. The molecule has 0 unspecified atom stereocenters. The second kappa shape index (κ2) is 5.65.